The fraction of sp³-hybridized carbons (Fsp3) is 0.588. The predicted molar refractivity (Wildman–Crippen MR) is 86.8 cm³/mol. The van der Waals surface area contributed by atoms with Gasteiger partial charge in [-0.2, -0.15) is 0 Å². The number of carbonyl (C=O) groups excluding carboxylic acids is 1. The number of benzene rings is 1. The Morgan fingerprint density at radius 1 is 1.43 bits per heavy atom. The lowest BCUT2D eigenvalue weighted by atomic mass is 9.87. The van der Waals surface area contributed by atoms with Gasteiger partial charge in [0, 0.05) is 30.1 Å². The lowest BCUT2D eigenvalue weighted by Crippen LogP contribution is -2.49. The Balaban J connectivity index is 1.96. The van der Waals surface area contributed by atoms with Crippen LogP contribution in [-0.2, 0) is 11.2 Å². The lowest BCUT2D eigenvalue weighted by Gasteiger charge is -2.38. The highest BCUT2D eigenvalue weighted by molar-refractivity contribution is 6.31. The van der Waals surface area contributed by atoms with Crippen molar-refractivity contribution in [2.75, 3.05) is 13.1 Å². The first kappa shape index (κ1) is 18.2. The Morgan fingerprint density at radius 3 is 2.65 bits per heavy atom. The maximum absolute atomic E-state index is 13.7. The van der Waals surface area contributed by atoms with Gasteiger partial charge in [-0.3, -0.25) is 4.79 Å². The Labute approximate surface area is 140 Å². The summed E-state index contributed by atoms with van der Waals surface area (Å²) in [5, 5.41) is 20.7. The second kappa shape index (κ2) is 7.60. The zero-order valence-corrected chi connectivity index (χ0v) is 14.0. The van der Waals surface area contributed by atoms with Crippen LogP contribution in [0.1, 0.15) is 38.2 Å². The summed E-state index contributed by atoms with van der Waals surface area (Å²) in [5.41, 5.74) is -0.569. The molecule has 1 saturated heterocycles. The molecule has 4 nitrogen and oxygen atoms in total. The quantitative estimate of drug-likeness (QED) is 0.863. The molecule has 1 heterocycles. The van der Waals surface area contributed by atoms with Gasteiger partial charge in [-0.05, 0) is 31.4 Å². The summed E-state index contributed by atoms with van der Waals surface area (Å²) in [4.78, 5) is 13.9. The van der Waals surface area contributed by atoms with Gasteiger partial charge < -0.3 is 15.1 Å². The van der Waals surface area contributed by atoms with Crippen LogP contribution in [0.3, 0.4) is 0 Å². The standard InChI is InChI=1S/C17H23ClFNO3/c1-2-6-17(23)7-9-20(10-8-17)16(22)15(21)11-12-13(18)4-3-5-14(12)19/h3-5,15,21,23H,2,6-11H2,1H3. The van der Waals surface area contributed by atoms with Crippen LogP contribution in [0.4, 0.5) is 4.39 Å². The molecule has 1 aliphatic rings. The van der Waals surface area contributed by atoms with E-state index in [-0.39, 0.29) is 17.0 Å². The second-order valence-electron chi connectivity index (χ2n) is 6.22. The molecule has 1 aromatic carbocycles. The van der Waals surface area contributed by atoms with Gasteiger partial charge in [0.25, 0.3) is 5.91 Å². The van der Waals surface area contributed by atoms with Crippen LogP contribution in [0.5, 0.6) is 0 Å². The summed E-state index contributed by atoms with van der Waals surface area (Å²) >= 11 is 5.93. The predicted octanol–water partition coefficient (Wildman–Crippen LogP) is 2.54. The van der Waals surface area contributed by atoms with Crippen molar-refractivity contribution in [3.05, 3.63) is 34.6 Å². The average molecular weight is 344 g/mol. The van der Waals surface area contributed by atoms with Gasteiger partial charge in [0.1, 0.15) is 11.9 Å². The molecule has 128 valence electrons. The molecule has 1 atom stereocenters. The molecule has 0 radical (unpaired) electrons. The van der Waals surface area contributed by atoms with E-state index >= 15 is 0 Å². The summed E-state index contributed by atoms with van der Waals surface area (Å²) < 4.78 is 13.7. The van der Waals surface area contributed by atoms with Crippen LogP contribution in [0.2, 0.25) is 5.02 Å². The van der Waals surface area contributed by atoms with Gasteiger partial charge in [-0.15, -0.1) is 0 Å². The molecule has 1 aromatic rings. The van der Waals surface area contributed by atoms with Crippen molar-refractivity contribution in [1.29, 1.82) is 0 Å². The summed E-state index contributed by atoms with van der Waals surface area (Å²) in [6.07, 6.45) is 1.11. The number of aliphatic hydroxyl groups excluding tert-OH is 1. The van der Waals surface area contributed by atoms with Crippen molar-refractivity contribution in [3.63, 3.8) is 0 Å². The number of nitrogens with zero attached hydrogens (tertiary/aromatic N) is 1. The molecule has 1 amide bonds. The molecule has 0 spiro atoms. The van der Waals surface area contributed by atoms with Gasteiger partial charge >= 0.3 is 0 Å². The van der Waals surface area contributed by atoms with Gasteiger partial charge in [0.05, 0.1) is 5.60 Å². The highest BCUT2D eigenvalue weighted by Gasteiger charge is 2.34. The van der Waals surface area contributed by atoms with Gasteiger partial charge in [-0.1, -0.05) is 31.0 Å². The zero-order valence-electron chi connectivity index (χ0n) is 13.3. The first-order chi connectivity index (χ1) is 10.9. The lowest BCUT2D eigenvalue weighted by molar-refractivity contribution is -0.144. The monoisotopic (exact) mass is 343 g/mol. The number of piperidine rings is 1. The number of aliphatic hydroxyl groups is 2. The van der Waals surface area contributed by atoms with Crippen LogP contribution in [0.15, 0.2) is 18.2 Å². The maximum Gasteiger partial charge on any atom is 0.251 e. The summed E-state index contributed by atoms with van der Waals surface area (Å²) in [6.45, 7) is 2.81. The summed E-state index contributed by atoms with van der Waals surface area (Å²) in [7, 11) is 0. The number of hydrogen-bond donors (Lipinski definition) is 2. The molecule has 6 heteroatoms. The molecule has 0 aliphatic carbocycles. The normalized spacial score (nSPS) is 18.7. The highest BCUT2D eigenvalue weighted by Crippen LogP contribution is 2.27. The molecule has 0 bridgehead atoms. The molecule has 1 fully saturated rings. The van der Waals surface area contributed by atoms with Crippen molar-refractivity contribution in [2.45, 2.75) is 50.7 Å². The van der Waals surface area contributed by atoms with Crippen molar-refractivity contribution >= 4 is 17.5 Å². The maximum atomic E-state index is 13.7. The molecule has 0 saturated carbocycles. The smallest absolute Gasteiger partial charge is 0.251 e. The molecule has 23 heavy (non-hydrogen) atoms. The fourth-order valence-corrected chi connectivity index (χ4v) is 3.32. The van der Waals surface area contributed by atoms with E-state index in [0.29, 0.717) is 32.4 Å². The highest BCUT2D eigenvalue weighted by atomic mass is 35.5. The molecule has 2 N–H and O–H groups in total. The summed E-state index contributed by atoms with van der Waals surface area (Å²) in [5.74, 6) is -0.969. The van der Waals surface area contributed by atoms with E-state index in [1.54, 1.807) is 0 Å². The minimum atomic E-state index is -1.33. The molecule has 1 unspecified atom stereocenters. The van der Waals surface area contributed by atoms with Crippen molar-refractivity contribution in [3.8, 4) is 0 Å². The Hall–Kier alpha value is -1.17. The van der Waals surface area contributed by atoms with E-state index in [1.807, 2.05) is 6.92 Å². The van der Waals surface area contributed by atoms with Crippen LogP contribution in [0.25, 0.3) is 0 Å². The number of carbonyl (C=O) groups is 1. The Morgan fingerprint density at radius 2 is 2.09 bits per heavy atom. The van der Waals surface area contributed by atoms with E-state index in [1.165, 1.54) is 23.1 Å². The molecule has 0 aromatic heterocycles. The largest absolute Gasteiger partial charge is 0.390 e. The second-order valence-corrected chi connectivity index (χ2v) is 6.63. The third kappa shape index (κ3) is 4.43. The van der Waals surface area contributed by atoms with E-state index in [9.17, 15) is 19.4 Å². The van der Waals surface area contributed by atoms with Gasteiger partial charge in [0.15, 0.2) is 0 Å². The molecular formula is C17H23ClFNO3. The third-order valence-electron chi connectivity index (χ3n) is 4.47. The number of amides is 1. The zero-order chi connectivity index (χ0) is 17.0. The number of hydrogen-bond acceptors (Lipinski definition) is 3. The third-order valence-corrected chi connectivity index (χ3v) is 4.82. The number of rotatable bonds is 5. The minimum Gasteiger partial charge on any atom is -0.390 e. The van der Waals surface area contributed by atoms with E-state index in [0.717, 1.165) is 6.42 Å². The SMILES string of the molecule is CCCC1(O)CCN(C(=O)C(O)Cc2c(F)cccc2Cl)CC1. The van der Waals surface area contributed by atoms with E-state index in [4.69, 9.17) is 11.6 Å². The molecule has 2 rings (SSSR count). The minimum absolute atomic E-state index is 0.148. The number of halogens is 2. The topological polar surface area (TPSA) is 60.8 Å². The van der Waals surface area contributed by atoms with Crippen LogP contribution < -0.4 is 0 Å². The van der Waals surface area contributed by atoms with Crippen LogP contribution in [0, 0.1) is 5.82 Å². The van der Waals surface area contributed by atoms with E-state index < -0.39 is 23.4 Å². The van der Waals surface area contributed by atoms with Crippen LogP contribution in [-0.4, -0.2) is 45.8 Å². The molecular weight excluding hydrogens is 321 g/mol. The van der Waals surface area contributed by atoms with Crippen molar-refractivity contribution in [1.82, 2.24) is 4.90 Å². The Bertz CT molecular complexity index is 539. The van der Waals surface area contributed by atoms with Crippen molar-refractivity contribution < 1.29 is 19.4 Å². The average Bonchev–Trinajstić information content (AvgIpc) is 2.51. The van der Waals surface area contributed by atoms with E-state index in [2.05, 4.69) is 0 Å². The fourth-order valence-electron chi connectivity index (χ4n) is 3.08. The molecule has 1 aliphatic heterocycles. The first-order valence-corrected chi connectivity index (χ1v) is 8.36. The Kier molecular flexibility index (Phi) is 6.00. The number of likely N-dealkylation sites (tertiary alicyclic amines) is 1. The van der Waals surface area contributed by atoms with Crippen molar-refractivity contribution in [2.24, 2.45) is 0 Å². The van der Waals surface area contributed by atoms with Gasteiger partial charge in [0.2, 0.25) is 0 Å². The van der Waals surface area contributed by atoms with Gasteiger partial charge in [-0.25, -0.2) is 4.39 Å². The van der Waals surface area contributed by atoms with Crippen LogP contribution >= 0.6 is 11.6 Å². The first-order valence-electron chi connectivity index (χ1n) is 7.98. The summed E-state index contributed by atoms with van der Waals surface area (Å²) in [6, 6.07) is 4.27.